The van der Waals surface area contributed by atoms with Crippen LogP contribution in [0, 0.1) is 0 Å². The van der Waals surface area contributed by atoms with Crippen LogP contribution in [-0.2, 0) is 5.54 Å². The fourth-order valence-electron chi connectivity index (χ4n) is 5.07. The Morgan fingerprint density at radius 3 is 1.97 bits per heavy atom. The maximum absolute atomic E-state index is 4.99. The summed E-state index contributed by atoms with van der Waals surface area (Å²) in [6.45, 7) is 4.56. The highest BCUT2D eigenvalue weighted by Gasteiger charge is 2.37. The van der Waals surface area contributed by atoms with Gasteiger partial charge < -0.3 is 14.4 Å². The van der Waals surface area contributed by atoms with Gasteiger partial charge in [-0.1, -0.05) is 54.6 Å². The lowest BCUT2D eigenvalue weighted by atomic mass is 9.89. The summed E-state index contributed by atoms with van der Waals surface area (Å²) in [5.41, 5.74) is 7.81. The van der Waals surface area contributed by atoms with Gasteiger partial charge in [0.15, 0.2) is 0 Å². The Balaban J connectivity index is 1.55. The number of anilines is 5. The van der Waals surface area contributed by atoms with Gasteiger partial charge in [0.1, 0.15) is 0 Å². The molecule has 0 N–H and O–H groups in total. The third-order valence-electron chi connectivity index (χ3n) is 6.69. The van der Waals surface area contributed by atoms with Crippen molar-refractivity contribution in [2.24, 2.45) is 0 Å². The Bertz CT molecular complexity index is 1410. The summed E-state index contributed by atoms with van der Waals surface area (Å²) in [6, 6.07) is 36.3. The monoisotopic (exact) mass is 430 g/mol. The van der Waals surface area contributed by atoms with E-state index in [1.807, 2.05) is 0 Å². The molecular formula is C29H26N4. The molecule has 1 aliphatic rings. The van der Waals surface area contributed by atoms with Gasteiger partial charge in [-0.25, -0.2) is 4.98 Å². The Labute approximate surface area is 194 Å². The van der Waals surface area contributed by atoms with Crippen molar-refractivity contribution in [3.8, 4) is 0 Å². The number of hydrogen-bond donors (Lipinski definition) is 0. The second-order valence-electron chi connectivity index (χ2n) is 9.06. The van der Waals surface area contributed by atoms with Crippen LogP contribution in [0.3, 0.4) is 0 Å². The van der Waals surface area contributed by atoms with E-state index in [-0.39, 0.29) is 5.54 Å². The van der Waals surface area contributed by atoms with E-state index in [0.29, 0.717) is 0 Å². The molecule has 33 heavy (non-hydrogen) atoms. The van der Waals surface area contributed by atoms with Crippen molar-refractivity contribution >= 4 is 39.7 Å². The lowest BCUT2D eigenvalue weighted by Crippen LogP contribution is -2.37. The van der Waals surface area contributed by atoms with Crippen LogP contribution in [-0.4, -0.2) is 16.6 Å². The molecule has 4 aromatic carbocycles. The maximum Gasteiger partial charge on any atom is 0.211 e. The normalized spacial score (nSPS) is 14.1. The first-order chi connectivity index (χ1) is 16.1. The third kappa shape index (κ3) is 2.94. The maximum atomic E-state index is 4.99. The van der Waals surface area contributed by atoms with Crippen LogP contribution in [0.25, 0.3) is 11.0 Å². The predicted molar refractivity (Wildman–Crippen MR) is 137 cm³/mol. The van der Waals surface area contributed by atoms with Gasteiger partial charge >= 0.3 is 0 Å². The lowest BCUT2D eigenvalue weighted by molar-refractivity contribution is 0.440. The summed E-state index contributed by atoms with van der Waals surface area (Å²) in [7, 11) is 2.12. The molecule has 0 fully saturated rings. The van der Waals surface area contributed by atoms with E-state index in [1.165, 1.54) is 11.3 Å². The number of nitrogens with zero attached hydrogens (tertiary/aromatic N) is 4. The van der Waals surface area contributed by atoms with Crippen LogP contribution in [0.5, 0.6) is 0 Å². The lowest BCUT2D eigenvalue weighted by Gasteiger charge is -2.40. The highest BCUT2D eigenvalue weighted by atomic mass is 15.3. The van der Waals surface area contributed by atoms with Gasteiger partial charge in [-0.3, -0.25) is 0 Å². The summed E-state index contributed by atoms with van der Waals surface area (Å²) in [4.78, 5) is 9.52. The van der Waals surface area contributed by atoms with E-state index >= 15 is 0 Å². The van der Waals surface area contributed by atoms with Crippen LogP contribution in [0.1, 0.15) is 19.4 Å². The SMILES string of the molecule is CN1c2cc(N(c3ccccc3)c3ccccc3)ccc2C(C)(C)n2c1nc1ccccc12. The van der Waals surface area contributed by atoms with E-state index in [2.05, 4.69) is 138 Å². The van der Waals surface area contributed by atoms with E-state index in [4.69, 9.17) is 4.98 Å². The fraction of sp³-hybridized carbons (Fsp3) is 0.138. The minimum Gasteiger partial charge on any atom is -0.315 e. The fourth-order valence-corrected chi connectivity index (χ4v) is 5.07. The van der Waals surface area contributed by atoms with Crippen molar-refractivity contribution in [3.05, 3.63) is 109 Å². The number of benzene rings is 4. The van der Waals surface area contributed by atoms with Crippen molar-refractivity contribution < 1.29 is 0 Å². The average Bonchev–Trinajstić information content (AvgIpc) is 3.25. The Morgan fingerprint density at radius 2 is 1.30 bits per heavy atom. The van der Waals surface area contributed by atoms with Crippen molar-refractivity contribution in [2.75, 3.05) is 16.8 Å². The molecule has 4 nitrogen and oxygen atoms in total. The molecule has 0 unspecified atom stereocenters. The first-order valence-corrected chi connectivity index (χ1v) is 11.3. The second-order valence-corrected chi connectivity index (χ2v) is 9.06. The highest BCUT2D eigenvalue weighted by molar-refractivity contribution is 5.86. The average molecular weight is 431 g/mol. The van der Waals surface area contributed by atoms with Gasteiger partial charge in [-0.05, 0) is 62.4 Å². The molecule has 0 spiro atoms. The van der Waals surface area contributed by atoms with E-state index in [1.54, 1.807) is 0 Å². The summed E-state index contributed by atoms with van der Waals surface area (Å²) in [5, 5.41) is 0. The third-order valence-corrected chi connectivity index (χ3v) is 6.69. The van der Waals surface area contributed by atoms with Crippen LogP contribution in [0.15, 0.2) is 103 Å². The molecule has 1 aromatic heterocycles. The minimum absolute atomic E-state index is 0.226. The van der Waals surface area contributed by atoms with Gasteiger partial charge in [-0.15, -0.1) is 0 Å². The van der Waals surface area contributed by atoms with E-state index in [9.17, 15) is 0 Å². The van der Waals surface area contributed by atoms with E-state index < -0.39 is 0 Å². The number of para-hydroxylation sites is 4. The first kappa shape index (κ1) is 19.6. The zero-order valence-corrected chi connectivity index (χ0v) is 19.1. The number of fused-ring (bicyclic) bond motifs is 4. The van der Waals surface area contributed by atoms with Gasteiger partial charge in [0.2, 0.25) is 5.95 Å². The summed E-state index contributed by atoms with van der Waals surface area (Å²) in [5.74, 6) is 0.969. The number of aromatic nitrogens is 2. The predicted octanol–water partition coefficient (Wildman–Crippen LogP) is 7.37. The Morgan fingerprint density at radius 1 is 0.697 bits per heavy atom. The van der Waals surface area contributed by atoms with Crippen molar-refractivity contribution in [2.45, 2.75) is 19.4 Å². The molecule has 4 heteroatoms. The number of hydrogen-bond acceptors (Lipinski definition) is 3. The number of imidazole rings is 1. The second kappa shape index (κ2) is 7.24. The largest absolute Gasteiger partial charge is 0.315 e. The molecule has 0 bridgehead atoms. The molecule has 5 aromatic rings. The molecule has 1 aliphatic heterocycles. The molecule has 0 radical (unpaired) electrons. The smallest absolute Gasteiger partial charge is 0.211 e. The molecule has 0 saturated heterocycles. The van der Waals surface area contributed by atoms with Crippen molar-refractivity contribution in [3.63, 3.8) is 0 Å². The van der Waals surface area contributed by atoms with Crippen LogP contribution in [0.2, 0.25) is 0 Å². The molecule has 0 aliphatic carbocycles. The Hall–Kier alpha value is -4.05. The summed E-state index contributed by atoms with van der Waals surface area (Å²) >= 11 is 0. The van der Waals surface area contributed by atoms with Gasteiger partial charge in [0.05, 0.1) is 22.3 Å². The molecule has 162 valence electrons. The molecule has 0 amide bonds. The van der Waals surface area contributed by atoms with Gasteiger partial charge in [-0.2, -0.15) is 0 Å². The standard InChI is InChI=1S/C29H26N4/c1-29(2)24-19-18-23(32(21-12-6-4-7-13-21)22-14-8-5-9-15-22)20-27(24)31(3)28-30-25-16-10-11-17-26(25)33(28)29/h4-20H,1-3H3. The molecule has 6 rings (SSSR count). The van der Waals surface area contributed by atoms with Gasteiger partial charge in [0, 0.05) is 29.7 Å². The summed E-state index contributed by atoms with van der Waals surface area (Å²) in [6.07, 6.45) is 0. The Kier molecular flexibility index (Phi) is 4.31. The first-order valence-electron chi connectivity index (χ1n) is 11.3. The number of rotatable bonds is 3. The van der Waals surface area contributed by atoms with E-state index in [0.717, 1.165) is 34.0 Å². The quantitative estimate of drug-likeness (QED) is 0.299. The highest BCUT2D eigenvalue weighted by Crippen LogP contribution is 2.47. The zero-order chi connectivity index (χ0) is 22.6. The molecule has 0 atom stereocenters. The van der Waals surface area contributed by atoms with Crippen molar-refractivity contribution in [1.82, 2.24) is 9.55 Å². The zero-order valence-electron chi connectivity index (χ0n) is 19.1. The topological polar surface area (TPSA) is 24.3 Å². The molecule has 2 heterocycles. The molecule has 0 saturated carbocycles. The van der Waals surface area contributed by atoms with Crippen LogP contribution >= 0.6 is 0 Å². The van der Waals surface area contributed by atoms with Crippen LogP contribution in [0.4, 0.5) is 28.7 Å². The van der Waals surface area contributed by atoms with Gasteiger partial charge in [0.25, 0.3) is 0 Å². The summed E-state index contributed by atoms with van der Waals surface area (Å²) < 4.78 is 2.36. The molecular weight excluding hydrogens is 404 g/mol. The van der Waals surface area contributed by atoms with Crippen molar-refractivity contribution in [1.29, 1.82) is 0 Å². The van der Waals surface area contributed by atoms with Crippen LogP contribution < -0.4 is 9.80 Å². The minimum atomic E-state index is -0.226.